The molecular weight excluding hydrogens is 715 g/mol. The third kappa shape index (κ3) is 8.98. The number of nitrogens with one attached hydrogen (secondary N) is 2. The quantitative estimate of drug-likeness (QED) is 0.0783. The molecule has 5 rings (SSSR count). The molecule has 2 N–H and O–H groups in total. The highest BCUT2D eigenvalue weighted by atomic mass is 32.2. The van der Waals surface area contributed by atoms with Crippen LogP contribution < -0.4 is 10.6 Å². The number of thioether (sulfide) groups is 2. The molecule has 268 valence electrons. The fourth-order valence-electron chi connectivity index (χ4n) is 5.18. The minimum Gasteiger partial charge on any atom is -0.457 e. The van der Waals surface area contributed by atoms with Crippen LogP contribution in [0.4, 0.5) is 5.13 Å². The van der Waals surface area contributed by atoms with Gasteiger partial charge in [-0.15, -0.1) is 23.1 Å². The molecule has 2 aliphatic heterocycles. The number of aromatic nitrogens is 1. The number of amides is 3. The summed E-state index contributed by atoms with van der Waals surface area (Å²) < 4.78 is 11.5. The Morgan fingerprint density at radius 2 is 1.75 bits per heavy atom. The Morgan fingerprint density at radius 3 is 2.33 bits per heavy atom. The molecule has 3 atom stereocenters. The summed E-state index contributed by atoms with van der Waals surface area (Å²) in [7, 11) is 0. The summed E-state index contributed by atoms with van der Waals surface area (Å²) in [5, 5.41) is 10.1. The van der Waals surface area contributed by atoms with Crippen LogP contribution >= 0.6 is 34.9 Å². The van der Waals surface area contributed by atoms with Crippen molar-refractivity contribution in [2.45, 2.75) is 56.9 Å². The van der Waals surface area contributed by atoms with Gasteiger partial charge in [-0.25, -0.2) is 14.6 Å². The zero-order valence-corrected chi connectivity index (χ0v) is 30.9. The van der Waals surface area contributed by atoms with Crippen LogP contribution in [-0.2, 0) is 38.3 Å². The van der Waals surface area contributed by atoms with Gasteiger partial charge in [-0.2, -0.15) is 11.8 Å². The van der Waals surface area contributed by atoms with E-state index in [0.29, 0.717) is 17.9 Å². The molecule has 3 heterocycles. The van der Waals surface area contributed by atoms with Crippen molar-refractivity contribution >= 4 is 75.9 Å². The lowest BCUT2D eigenvalue weighted by Crippen LogP contribution is -2.71. The van der Waals surface area contributed by atoms with E-state index in [1.165, 1.54) is 40.7 Å². The maximum atomic E-state index is 14.1. The summed E-state index contributed by atoms with van der Waals surface area (Å²) in [6.45, 7) is 6.52. The first-order chi connectivity index (χ1) is 24.4. The van der Waals surface area contributed by atoms with Crippen molar-refractivity contribution in [3.05, 3.63) is 94.1 Å². The lowest BCUT2D eigenvalue weighted by atomic mass is 10.0. The summed E-state index contributed by atoms with van der Waals surface area (Å²) in [6.07, 6.45) is 0.440. The first kappa shape index (κ1) is 37.6. The molecule has 0 saturated carbocycles. The molecule has 13 nitrogen and oxygen atoms in total. The predicted octanol–water partition coefficient (Wildman–Crippen LogP) is 4.51. The molecule has 2 aromatic carbocycles. The number of nitrogens with zero attached hydrogens (tertiary/aromatic N) is 3. The van der Waals surface area contributed by atoms with Crippen LogP contribution in [0.3, 0.4) is 0 Å². The second-order valence-electron chi connectivity index (χ2n) is 12.4. The summed E-state index contributed by atoms with van der Waals surface area (Å²) in [4.78, 5) is 76.1. The Hall–Kier alpha value is -4.67. The molecule has 2 unspecified atom stereocenters. The molecule has 0 bridgehead atoms. The van der Waals surface area contributed by atoms with Crippen LogP contribution in [-0.4, -0.2) is 86.6 Å². The third-order valence-corrected chi connectivity index (χ3v) is 10.2. The van der Waals surface area contributed by atoms with Crippen LogP contribution in [0.15, 0.2) is 82.5 Å². The van der Waals surface area contributed by atoms with Crippen molar-refractivity contribution in [3.8, 4) is 0 Å². The van der Waals surface area contributed by atoms with Gasteiger partial charge in [-0.05, 0) is 50.7 Å². The van der Waals surface area contributed by atoms with Crippen molar-refractivity contribution < 1.29 is 38.3 Å². The lowest BCUT2D eigenvalue weighted by molar-refractivity contribution is -0.167. The Kier molecular flexibility index (Phi) is 12.2. The van der Waals surface area contributed by atoms with Crippen molar-refractivity contribution in [3.63, 3.8) is 0 Å². The zero-order valence-electron chi connectivity index (χ0n) is 28.5. The fourth-order valence-corrected chi connectivity index (χ4v) is 7.89. The maximum absolute atomic E-state index is 14.1. The van der Waals surface area contributed by atoms with E-state index >= 15 is 0 Å². The predicted molar refractivity (Wildman–Crippen MR) is 196 cm³/mol. The smallest absolute Gasteiger partial charge is 0.356 e. The fraction of sp³-hybridized carbons (Fsp3) is 0.343. The second-order valence-corrected chi connectivity index (χ2v) is 15.2. The number of carbonyl (C=O) groups is 5. The summed E-state index contributed by atoms with van der Waals surface area (Å²) in [6, 6.07) is 17.7. The van der Waals surface area contributed by atoms with E-state index in [9.17, 15) is 24.0 Å². The first-order valence-electron chi connectivity index (χ1n) is 15.8. The largest absolute Gasteiger partial charge is 0.457 e. The second kappa shape index (κ2) is 16.6. The molecule has 16 heteroatoms. The van der Waals surface area contributed by atoms with E-state index in [2.05, 4.69) is 20.8 Å². The van der Waals surface area contributed by atoms with Crippen LogP contribution in [0.2, 0.25) is 0 Å². The number of hydrogen-bond acceptors (Lipinski definition) is 13. The number of carbonyl (C=O) groups excluding carboxylic acids is 5. The number of hydrogen-bond donors (Lipinski definition) is 2. The number of rotatable bonds is 14. The van der Waals surface area contributed by atoms with Gasteiger partial charge in [-0.3, -0.25) is 19.3 Å². The number of β-lactam (4-membered cyclic amide) rings is 1. The molecule has 0 aliphatic carbocycles. The highest BCUT2D eigenvalue weighted by Crippen LogP contribution is 2.42. The average Bonchev–Trinajstić information content (AvgIpc) is 3.57. The number of fused-ring (bicyclic) bond motifs is 1. The number of thiazole rings is 1. The molecule has 1 saturated heterocycles. The zero-order chi connectivity index (χ0) is 36.7. The van der Waals surface area contributed by atoms with E-state index in [1.807, 2.05) is 66.9 Å². The van der Waals surface area contributed by atoms with Crippen molar-refractivity contribution in [1.29, 1.82) is 0 Å². The minimum absolute atomic E-state index is 0.0393. The average molecular weight is 752 g/mol. The monoisotopic (exact) mass is 751 g/mol. The van der Waals surface area contributed by atoms with Gasteiger partial charge < -0.3 is 24.9 Å². The highest BCUT2D eigenvalue weighted by Gasteiger charge is 2.55. The van der Waals surface area contributed by atoms with Crippen LogP contribution in [0, 0.1) is 0 Å². The number of anilines is 1. The van der Waals surface area contributed by atoms with Crippen LogP contribution in [0.25, 0.3) is 0 Å². The Balaban J connectivity index is 1.38. The van der Waals surface area contributed by atoms with Gasteiger partial charge in [0.2, 0.25) is 12.5 Å². The molecule has 0 spiro atoms. The van der Waals surface area contributed by atoms with Gasteiger partial charge in [0.05, 0.1) is 0 Å². The molecule has 1 aromatic heterocycles. The Bertz CT molecular complexity index is 1790. The SMILES string of the molecule is CSCC1=C(C(=O)OC(c2ccccc2)c2ccccc2)N2C(=O)C(NC(=O)C(=NOC(C)C(=O)OC(C)(C)C)c3csc(NC=O)n3)[C@@H]2SC1. The van der Waals surface area contributed by atoms with Gasteiger partial charge in [-0.1, -0.05) is 65.8 Å². The van der Waals surface area contributed by atoms with Crippen molar-refractivity contribution in [2.75, 3.05) is 23.1 Å². The topological polar surface area (TPSA) is 166 Å². The van der Waals surface area contributed by atoms with E-state index in [0.717, 1.165) is 28.0 Å². The van der Waals surface area contributed by atoms with E-state index in [4.69, 9.17) is 14.3 Å². The summed E-state index contributed by atoms with van der Waals surface area (Å²) >= 11 is 3.96. The summed E-state index contributed by atoms with van der Waals surface area (Å²) in [5.41, 5.74) is 1.38. The molecule has 1 fully saturated rings. The highest BCUT2D eigenvalue weighted by molar-refractivity contribution is 8.00. The van der Waals surface area contributed by atoms with Gasteiger partial charge >= 0.3 is 11.9 Å². The van der Waals surface area contributed by atoms with Crippen molar-refractivity contribution in [2.24, 2.45) is 5.16 Å². The van der Waals surface area contributed by atoms with Crippen LogP contribution in [0.1, 0.15) is 50.6 Å². The van der Waals surface area contributed by atoms with Gasteiger partial charge in [0.15, 0.2) is 16.9 Å². The number of ether oxygens (including phenoxy) is 2. The van der Waals surface area contributed by atoms with Gasteiger partial charge in [0, 0.05) is 16.9 Å². The standard InChI is InChI=1S/C35H37N5O8S3/c1-20(32(44)47-35(2,3)4)48-39-25(24-18-51-34(37-24)36-19-41)29(42)38-26-30(43)40-27(23(16-49-5)17-50-31(26)40)33(45)46-28(21-12-8-6-9-13-21)22-14-10-7-11-15-22/h6-15,18-20,26,28,31H,16-17H2,1-5H3,(H,38,42)(H,36,37,41)/t20?,26?,31-/m0/s1. The molecule has 2 aliphatic rings. The van der Waals surface area contributed by atoms with Crippen molar-refractivity contribution in [1.82, 2.24) is 15.2 Å². The third-order valence-electron chi connectivity index (χ3n) is 7.46. The first-order valence-corrected chi connectivity index (χ1v) is 19.1. The Morgan fingerprint density at radius 1 is 1.10 bits per heavy atom. The minimum atomic E-state index is -1.18. The van der Waals surface area contributed by atoms with E-state index < -0.39 is 53.0 Å². The van der Waals surface area contributed by atoms with Gasteiger partial charge in [0.25, 0.3) is 11.8 Å². The summed E-state index contributed by atoms with van der Waals surface area (Å²) in [5.74, 6) is -1.75. The maximum Gasteiger partial charge on any atom is 0.356 e. The normalized spacial score (nSPS) is 18.0. The molecule has 51 heavy (non-hydrogen) atoms. The number of oxime groups is 1. The van der Waals surface area contributed by atoms with E-state index in [1.54, 1.807) is 20.8 Å². The Labute approximate surface area is 307 Å². The number of benzene rings is 2. The lowest BCUT2D eigenvalue weighted by Gasteiger charge is -2.49. The van der Waals surface area contributed by atoms with Crippen LogP contribution in [0.5, 0.6) is 0 Å². The molecular formula is C35H37N5O8S3. The molecule has 3 amide bonds. The molecule has 0 radical (unpaired) electrons. The molecule has 3 aromatic rings. The van der Waals surface area contributed by atoms with E-state index in [-0.39, 0.29) is 22.2 Å². The number of esters is 2. The van der Waals surface area contributed by atoms with Gasteiger partial charge in [0.1, 0.15) is 28.4 Å².